The Morgan fingerprint density at radius 1 is 1.36 bits per heavy atom. The highest BCUT2D eigenvalue weighted by molar-refractivity contribution is 5.55. The number of unbranched alkanes of at least 4 members (excludes halogenated alkanes) is 1. The van der Waals surface area contributed by atoms with Gasteiger partial charge in [-0.05, 0) is 19.3 Å². The van der Waals surface area contributed by atoms with Gasteiger partial charge in [-0.3, -0.25) is 4.99 Å². The Kier molecular flexibility index (Phi) is 4.02. The van der Waals surface area contributed by atoms with Crippen LogP contribution in [-0.2, 0) is 0 Å². The second kappa shape index (κ2) is 5.16. The van der Waals surface area contributed by atoms with E-state index in [1.165, 1.54) is 38.8 Å². The highest BCUT2D eigenvalue weighted by atomic mass is 15.2. The van der Waals surface area contributed by atoms with Gasteiger partial charge >= 0.3 is 0 Å². The molecule has 0 aliphatic carbocycles. The zero-order chi connectivity index (χ0) is 7.94. The summed E-state index contributed by atoms with van der Waals surface area (Å²) in [6.07, 6.45) is 7.20. The second-order valence-corrected chi connectivity index (χ2v) is 3.12. The molecule has 0 aromatic heterocycles. The first kappa shape index (κ1) is 8.57. The van der Waals surface area contributed by atoms with E-state index >= 15 is 0 Å². The highest BCUT2D eigenvalue weighted by Crippen LogP contribution is 2.03. The predicted octanol–water partition coefficient (Wildman–Crippen LogP) is 1.91. The molecule has 1 fully saturated rings. The van der Waals surface area contributed by atoms with Crippen molar-refractivity contribution in [2.45, 2.75) is 32.6 Å². The molecule has 11 heavy (non-hydrogen) atoms. The van der Waals surface area contributed by atoms with Gasteiger partial charge in [-0.1, -0.05) is 13.3 Å². The smallest absolute Gasteiger partial charge is 0.0849 e. The molecule has 64 valence electrons. The summed E-state index contributed by atoms with van der Waals surface area (Å²) >= 11 is 0. The lowest BCUT2D eigenvalue weighted by molar-refractivity contribution is 0.532. The van der Waals surface area contributed by atoms with Crippen molar-refractivity contribution in [1.82, 2.24) is 4.90 Å². The molecule has 0 radical (unpaired) electrons. The molecule has 0 unspecified atom stereocenters. The van der Waals surface area contributed by atoms with E-state index in [2.05, 4.69) is 16.8 Å². The first-order chi connectivity index (χ1) is 5.43. The minimum atomic E-state index is 1.01. The summed E-state index contributed by atoms with van der Waals surface area (Å²) in [6.45, 7) is 5.64. The molecule has 0 atom stereocenters. The number of nitrogens with zero attached hydrogens (tertiary/aromatic N) is 2. The molecule has 0 aromatic rings. The quantitative estimate of drug-likeness (QED) is 0.343. The van der Waals surface area contributed by atoms with E-state index < -0.39 is 0 Å². The van der Waals surface area contributed by atoms with E-state index in [-0.39, 0.29) is 0 Å². The van der Waals surface area contributed by atoms with Gasteiger partial charge in [0.1, 0.15) is 0 Å². The van der Waals surface area contributed by atoms with Crippen LogP contribution in [0.3, 0.4) is 0 Å². The molecule has 0 N–H and O–H groups in total. The number of aliphatic imine (C=N–C) groups is 1. The Hall–Kier alpha value is -0.530. The number of rotatable bonds is 4. The van der Waals surface area contributed by atoms with Gasteiger partial charge < -0.3 is 4.90 Å². The van der Waals surface area contributed by atoms with Gasteiger partial charge in [-0.25, -0.2) is 0 Å². The maximum Gasteiger partial charge on any atom is 0.0849 e. The first-order valence-electron chi connectivity index (χ1n) is 4.67. The van der Waals surface area contributed by atoms with Crippen LogP contribution < -0.4 is 0 Å². The van der Waals surface area contributed by atoms with Crippen molar-refractivity contribution in [3.05, 3.63) is 0 Å². The third-order valence-corrected chi connectivity index (χ3v) is 2.03. The van der Waals surface area contributed by atoms with Crippen molar-refractivity contribution >= 4 is 6.34 Å². The molecular formula is C9H18N2. The molecule has 1 saturated heterocycles. The van der Waals surface area contributed by atoms with Gasteiger partial charge in [-0.15, -0.1) is 0 Å². The summed E-state index contributed by atoms with van der Waals surface area (Å²) in [5.41, 5.74) is 0. The van der Waals surface area contributed by atoms with Crippen LogP contribution >= 0.6 is 0 Å². The van der Waals surface area contributed by atoms with E-state index in [1.54, 1.807) is 0 Å². The summed E-state index contributed by atoms with van der Waals surface area (Å²) in [7, 11) is 0. The van der Waals surface area contributed by atoms with Crippen molar-refractivity contribution in [1.29, 1.82) is 0 Å². The van der Waals surface area contributed by atoms with Gasteiger partial charge in [0, 0.05) is 19.6 Å². The minimum Gasteiger partial charge on any atom is -0.363 e. The van der Waals surface area contributed by atoms with E-state index in [1.807, 2.05) is 6.34 Å². The van der Waals surface area contributed by atoms with Crippen LogP contribution in [0, 0.1) is 0 Å². The van der Waals surface area contributed by atoms with Gasteiger partial charge in [0.25, 0.3) is 0 Å². The Bertz CT molecular complexity index is 115. The summed E-state index contributed by atoms with van der Waals surface area (Å²) in [4.78, 5) is 6.66. The summed E-state index contributed by atoms with van der Waals surface area (Å²) < 4.78 is 0. The molecule has 0 bridgehead atoms. The van der Waals surface area contributed by atoms with Crippen LogP contribution in [0.4, 0.5) is 0 Å². The largest absolute Gasteiger partial charge is 0.363 e. The van der Waals surface area contributed by atoms with Crippen molar-refractivity contribution in [3.8, 4) is 0 Å². The lowest BCUT2D eigenvalue weighted by Gasteiger charge is -2.08. The zero-order valence-electron chi connectivity index (χ0n) is 7.42. The van der Waals surface area contributed by atoms with Crippen LogP contribution in [0.5, 0.6) is 0 Å². The van der Waals surface area contributed by atoms with Crippen LogP contribution in [0.15, 0.2) is 4.99 Å². The van der Waals surface area contributed by atoms with Crippen molar-refractivity contribution in [2.75, 3.05) is 19.6 Å². The van der Waals surface area contributed by atoms with Gasteiger partial charge in [-0.2, -0.15) is 0 Å². The predicted molar refractivity (Wildman–Crippen MR) is 49.1 cm³/mol. The third-order valence-electron chi connectivity index (χ3n) is 2.03. The molecule has 0 amide bonds. The van der Waals surface area contributed by atoms with Crippen LogP contribution in [0.25, 0.3) is 0 Å². The van der Waals surface area contributed by atoms with E-state index in [9.17, 15) is 0 Å². The van der Waals surface area contributed by atoms with E-state index in [0.29, 0.717) is 0 Å². The van der Waals surface area contributed by atoms with E-state index in [4.69, 9.17) is 0 Å². The number of hydrogen-bond donors (Lipinski definition) is 0. The molecule has 0 aromatic carbocycles. The average Bonchev–Trinajstić information content (AvgIpc) is 2.50. The van der Waals surface area contributed by atoms with Gasteiger partial charge in [0.2, 0.25) is 0 Å². The lowest BCUT2D eigenvalue weighted by Crippen LogP contribution is -2.16. The summed E-state index contributed by atoms with van der Waals surface area (Å²) in [5.74, 6) is 0. The molecule has 2 nitrogen and oxygen atoms in total. The van der Waals surface area contributed by atoms with Crippen molar-refractivity contribution in [2.24, 2.45) is 4.99 Å². The third kappa shape index (κ3) is 3.40. The summed E-state index contributed by atoms with van der Waals surface area (Å²) in [6, 6.07) is 0. The number of likely N-dealkylation sites (tertiary alicyclic amines) is 1. The highest BCUT2D eigenvalue weighted by Gasteiger charge is 2.05. The average molecular weight is 154 g/mol. The van der Waals surface area contributed by atoms with Crippen LogP contribution in [0.1, 0.15) is 32.6 Å². The van der Waals surface area contributed by atoms with Crippen LogP contribution in [0.2, 0.25) is 0 Å². The molecule has 1 aliphatic heterocycles. The maximum absolute atomic E-state index is 4.34. The SMILES string of the molecule is CCCCN=CN1CCCC1. The molecule has 1 aliphatic rings. The molecule has 0 spiro atoms. The molecule has 2 heteroatoms. The molecule has 0 saturated carbocycles. The van der Waals surface area contributed by atoms with Crippen molar-refractivity contribution in [3.63, 3.8) is 0 Å². The standard InChI is InChI=1S/C9H18N2/c1-2-3-6-10-9-11-7-4-5-8-11/h9H,2-8H2,1H3. The fourth-order valence-corrected chi connectivity index (χ4v) is 1.28. The monoisotopic (exact) mass is 154 g/mol. The molecule has 1 heterocycles. The van der Waals surface area contributed by atoms with Gasteiger partial charge in [0.15, 0.2) is 0 Å². The maximum atomic E-state index is 4.34. The Morgan fingerprint density at radius 2 is 2.09 bits per heavy atom. The topological polar surface area (TPSA) is 15.6 Å². The fraction of sp³-hybridized carbons (Fsp3) is 0.889. The summed E-state index contributed by atoms with van der Waals surface area (Å²) in [5, 5.41) is 0. The Balaban J connectivity index is 2.03. The first-order valence-corrected chi connectivity index (χ1v) is 4.67. The normalized spacial score (nSPS) is 18.5. The molecule has 1 rings (SSSR count). The fourth-order valence-electron chi connectivity index (χ4n) is 1.28. The zero-order valence-corrected chi connectivity index (χ0v) is 7.42. The Morgan fingerprint density at radius 3 is 2.73 bits per heavy atom. The van der Waals surface area contributed by atoms with Crippen molar-refractivity contribution < 1.29 is 0 Å². The minimum absolute atomic E-state index is 1.01. The lowest BCUT2D eigenvalue weighted by atomic mass is 10.3. The second-order valence-electron chi connectivity index (χ2n) is 3.12. The van der Waals surface area contributed by atoms with Gasteiger partial charge in [0.05, 0.1) is 6.34 Å². The van der Waals surface area contributed by atoms with Crippen LogP contribution in [-0.4, -0.2) is 30.9 Å². The number of hydrogen-bond acceptors (Lipinski definition) is 1. The van der Waals surface area contributed by atoms with E-state index in [0.717, 1.165) is 6.54 Å². The molecular weight excluding hydrogens is 136 g/mol. The Labute approximate surface area is 69.3 Å².